The molecule has 2 aliphatic rings. The fraction of sp³-hybridized carbons (Fsp3) is 0.667. The molecule has 3 heteroatoms. The van der Waals surface area contributed by atoms with E-state index in [0.717, 1.165) is 13.1 Å². The minimum absolute atomic E-state index is 0.228. The smallest absolute Gasteiger partial charge is 0.236 e. The Morgan fingerprint density at radius 3 is 2.50 bits per heavy atom. The van der Waals surface area contributed by atoms with Gasteiger partial charge < -0.3 is 9.64 Å². The van der Waals surface area contributed by atoms with E-state index in [1.165, 1.54) is 0 Å². The summed E-state index contributed by atoms with van der Waals surface area (Å²) in [5.41, 5.74) is -0.253. The molecule has 0 unspecified atom stereocenters. The van der Waals surface area contributed by atoms with Gasteiger partial charge in [-0.2, -0.15) is 0 Å². The molecule has 0 atom stereocenters. The van der Waals surface area contributed by atoms with Crippen LogP contribution in [-0.4, -0.2) is 37.1 Å². The first-order valence-electron chi connectivity index (χ1n) is 4.30. The van der Waals surface area contributed by atoms with Gasteiger partial charge in [-0.25, -0.2) is 0 Å². The average Bonchev–Trinajstić information content (AvgIpc) is 2.85. The van der Waals surface area contributed by atoms with Crippen LogP contribution in [0.15, 0.2) is 12.2 Å². The number of amides is 1. The highest BCUT2D eigenvalue weighted by molar-refractivity contribution is 5.90. The van der Waals surface area contributed by atoms with Crippen molar-refractivity contribution < 1.29 is 9.53 Å². The van der Waals surface area contributed by atoms with Crippen molar-refractivity contribution in [3.05, 3.63) is 12.2 Å². The Bertz CT molecular complexity index is 223. The minimum atomic E-state index is -0.253. The van der Waals surface area contributed by atoms with Crippen LogP contribution in [0.4, 0.5) is 0 Å². The molecule has 0 spiro atoms. The van der Waals surface area contributed by atoms with E-state index in [9.17, 15) is 4.79 Å². The number of rotatable bonds is 1. The summed E-state index contributed by atoms with van der Waals surface area (Å²) < 4.78 is 5.17. The first-order chi connectivity index (χ1) is 5.72. The summed E-state index contributed by atoms with van der Waals surface area (Å²) in [5, 5.41) is 0. The Morgan fingerprint density at radius 2 is 2.00 bits per heavy atom. The zero-order valence-corrected chi connectivity index (χ0v) is 7.25. The number of nitrogens with zero attached hydrogens (tertiary/aromatic N) is 1. The maximum atomic E-state index is 11.7. The van der Waals surface area contributed by atoms with Gasteiger partial charge in [0, 0.05) is 13.1 Å². The first kappa shape index (κ1) is 7.80. The first-order valence-corrected chi connectivity index (χ1v) is 4.30. The topological polar surface area (TPSA) is 29.5 Å². The highest BCUT2D eigenvalue weighted by atomic mass is 16.5. The van der Waals surface area contributed by atoms with Gasteiger partial charge in [-0.15, -0.1) is 0 Å². The van der Waals surface area contributed by atoms with E-state index in [1.54, 1.807) is 0 Å². The molecule has 66 valence electrons. The Balaban J connectivity index is 1.94. The summed E-state index contributed by atoms with van der Waals surface area (Å²) in [6.45, 7) is 4.81. The maximum Gasteiger partial charge on any atom is 0.236 e. The summed E-state index contributed by atoms with van der Waals surface area (Å²) in [5.74, 6) is 0.228. The fourth-order valence-corrected chi connectivity index (χ4v) is 1.37. The SMILES string of the molecule is CC1(C(=O)N2CCOCC2)C=C1. The van der Waals surface area contributed by atoms with E-state index in [0.29, 0.717) is 13.2 Å². The van der Waals surface area contributed by atoms with Crippen molar-refractivity contribution in [2.75, 3.05) is 26.3 Å². The molecule has 1 aliphatic carbocycles. The lowest BCUT2D eigenvalue weighted by atomic mass is 10.1. The Labute approximate surface area is 72.0 Å². The second-order valence-corrected chi connectivity index (χ2v) is 3.52. The van der Waals surface area contributed by atoms with Gasteiger partial charge in [0.25, 0.3) is 0 Å². The third-order valence-electron chi connectivity index (χ3n) is 2.43. The quantitative estimate of drug-likeness (QED) is 0.530. The average molecular weight is 167 g/mol. The standard InChI is InChI=1S/C9H13NO2/c1-9(2-3-9)8(11)10-4-6-12-7-5-10/h2-3H,4-7H2,1H3. The van der Waals surface area contributed by atoms with Crippen molar-refractivity contribution in [3.8, 4) is 0 Å². The molecule has 12 heavy (non-hydrogen) atoms. The van der Waals surface area contributed by atoms with E-state index in [-0.39, 0.29) is 11.3 Å². The number of ether oxygens (including phenoxy) is 1. The normalized spacial score (nSPS) is 25.6. The molecule has 0 aromatic rings. The molecule has 2 rings (SSSR count). The van der Waals surface area contributed by atoms with Gasteiger partial charge in [0.15, 0.2) is 0 Å². The molecule has 1 amide bonds. The van der Waals surface area contributed by atoms with Gasteiger partial charge in [0.05, 0.1) is 18.6 Å². The molecule has 1 heterocycles. The van der Waals surface area contributed by atoms with Crippen molar-refractivity contribution in [1.29, 1.82) is 0 Å². The van der Waals surface area contributed by atoms with Gasteiger partial charge in [-0.3, -0.25) is 4.79 Å². The summed E-state index contributed by atoms with van der Waals surface area (Å²) in [6, 6.07) is 0. The van der Waals surface area contributed by atoms with Crippen molar-refractivity contribution in [2.45, 2.75) is 6.92 Å². The predicted molar refractivity (Wildman–Crippen MR) is 44.6 cm³/mol. The summed E-state index contributed by atoms with van der Waals surface area (Å²) in [4.78, 5) is 13.6. The van der Waals surface area contributed by atoms with Crippen molar-refractivity contribution >= 4 is 5.91 Å². The molecule has 1 aliphatic heterocycles. The minimum Gasteiger partial charge on any atom is -0.378 e. The number of carbonyl (C=O) groups excluding carboxylic acids is 1. The Morgan fingerprint density at radius 1 is 1.42 bits per heavy atom. The fourth-order valence-electron chi connectivity index (χ4n) is 1.37. The van der Waals surface area contributed by atoms with Crippen LogP contribution in [0.3, 0.4) is 0 Å². The molecule has 1 fully saturated rings. The Kier molecular flexibility index (Phi) is 1.68. The van der Waals surface area contributed by atoms with Crippen LogP contribution in [-0.2, 0) is 9.53 Å². The molecule has 0 radical (unpaired) electrons. The number of hydrogen-bond acceptors (Lipinski definition) is 2. The Hall–Kier alpha value is -0.830. The lowest BCUT2D eigenvalue weighted by Crippen LogP contribution is -2.44. The number of morpholine rings is 1. The largest absolute Gasteiger partial charge is 0.378 e. The molecule has 0 aromatic heterocycles. The summed E-state index contributed by atoms with van der Waals surface area (Å²) in [7, 11) is 0. The van der Waals surface area contributed by atoms with E-state index in [1.807, 2.05) is 24.0 Å². The molecular formula is C9H13NO2. The third kappa shape index (κ3) is 1.25. The lowest BCUT2D eigenvalue weighted by Gasteiger charge is -2.29. The molecule has 1 saturated heterocycles. The van der Waals surface area contributed by atoms with Gasteiger partial charge in [-0.05, 0) is 6.92 Å². The van der Waals surface area contributed by atoms with Crippen LogP contribution >= 0.6 is 0 Å². The molecule has 3 nitrogen and oxygen atoms in total. The second kappa shape index (κ2) is 2.59. The number of carbonyl (C=O) groups is 1. The monoisotopic (exact) mass is 167 g/mol. The van der Waals surface area contributed by atoms with E-state index >= 15 is 0 Å². The van der Waals surface area contributed by atoms with Gasteiger partial charge in [0.2, 0.25) is 5.91 Å². The van der Waals surface area contributed by atoms with Crippen molar-refractivity contribution in [3.63, 3.8) is 0 Å². The highest BCUT2D eigenvalue weighted by Gasteiger charge is 2.39. The van der Waals surface area contributed by atoms with E-state index in [4.69, 9.17) is 4.74 Å². The van der Waals surface area contributed by atoms with Gasteiger partial charge in [0.1, 0.15) is 0 Å². The van der Waals surface area contributed by atoms with Crippen LogP contribution < -0.4 is 0 Å². The zero-order chi connectivity index (χ0) is 8.60. The molecule has 0 N–H and O–H groups in total. The zero-order valence-electron chi connectivity index (χ0n) is 7.25. The van der Waals surface area contributed by atoms with Crippen LogP contribution in [0.2, 0.25) is 0 Å². The van der Waals surface area contributed by atoms with E-state index in [2.05, 4.69) is 0 Å². The lowest BCUT2D eigenvalue weighted by molar-refractivity contribution is -0.139. The second-order valence-electron chi connectivity index (χ2n) is 3.52. The van der Waals surface area contributed by atoms with Gasteiger partial charge in [-0.1, -0.05) is 12.2 Å². The third-order valence-corrected chi connectivity index (χ3v) is 2.43. The van der Waals surface area contributed by atoms with Crippen LogP contribution in [0.5, 0.6) is 0 Å². The maximum absolute atomic E-state index is 11.7. The molecule has 0 bridgehead atoms. The van der Waals surface area contributed by atoms with Crippen molar-refractivity contribution in [1.82, 2.24) is 4.90 Å². The van der Waals surface area contributed by atoms with Gasteiger partial charge >= 0.3 is 0 Å². The molecule has 0 aromatic carbocycles. The van der Waals surface area contributed by atoms with Crippen LogP contribution in [0.1, 0.15) is 6.92 Å². The van der Waals surface area contributed by atoms with Crippen LogP contribution in [0.25, 0.3) is 0 Å². The van der Waals surface area contributed by atoms with Crippen LogP contribution in [0, 0.1) is 5.41 Å². The summed E-state index contributed by atoms with van der Waals surface area (Å²) >= 11 is 0. The van der Waals surface area contributed by atoms with E-state index < -0.39 is 0 Å². The molecular weight excluding hydrogens is 154 g/mol. The predicted octanol–water partition coefficient (Wildman–Crippen LogP) is 0.421. The summed E-state index contributed by atoms with van der Waals surface area (Å²) in [6.07, 6.45) is 3.90. The highest BCUT2D eigenvalue weighted by Crippen LogP contribution is 2.35. The van der Waals surface area contributed by atoms with Crippen molar-refractivity contribution in [2.24, 2.45) is 5.41 Å². The number of hydrogen-bond donors (Lipinski definition) is 0. The molecule has 0 saturated carbocycles.